The SMILES string of the molecule is CN1CCCC1(C)c1nnc2ccc(O[C@@H]3CC[C@H](NC(=O)Nc4cc(C(C)(C)C)nn4C)c4ccccc43)cn12.Cl. The fraction of sp³-hybridized carbons (Fsp3) is 0.484. The van der Waals surface area contributed by atoms with E-state index in [4.69, 9.17) is 4.74 Å². The number of carbonyl (C=O) groups is 1. The summed E-state index contributed by atoms with van der Waals surface area (Å²) in [5, 5.41) is 19.7. The first-order chi connectivity index (χ1) is 19.5. The zero-order valence-corrected chi connectivity index (χ0v) is 26.0. The van der Waals surface area contributed by atoms with Gasteiger partial charge in [-0.15, -0.1) is 22.6 Å². The van der Waals surface area contributed by atoms with Crippen molar-refractivity contribution in [3.05, 3.63) is 71.3 Å². The van der Waals surface area contributed by atoms with E-state index >= 15 is 0 Å². The van der Waals surface area contributed by atoms with E-state index in [-0.39, 0.29) is 41.5 Å². The normalized spacial score (nSPS) is 22.4. The third-order valence-corrected chi connectivity index (χ3v) is 8.77. The largest absolute Gasteiger partial charge is 0.484 e. The molecular formula is C31H41ClN8O2. The number of rotatable bonds is 5. The predicted octanol–water partition coefficient (Wildman–Crippen LogP) is 5.90. The second-order valence-corrected chi connectivity index (χ2v) is 12.7. The number of pyridine rings is 1. The number of halogens is 1. The molecule has 42 heavy (non-hydrogen) atoms. The number of nitrogens with one attached hydrogen (secondary N) is 2. The van der Waals surface area contributed by atoms with Gasteiger partial charge in [0.05, 0.1) is 23.5 Å². The van der Waals surface area contributed by atoms with Gasteiger partial charge in [0, 0.05) is 18.5 Å². The van der Waals surface area contributed by atoms with Gasteiger partial charge in [0.2, 0.25) is 0 Å². The van der Waals surface area contributed by atoms with Gasteiger partial charge in [0.1, 0.15) is 17.7 Å². The van der Waals surface area contributed by atoms with Crippen LogP contribution in [-0.2, 0) is 18.0 Å². The first kappa shape index (κ1) is 29.8. The molecule has 1 aliphatic heterocycles. The summed E-state index contributed by atoms with van der Waals surface area (Å²) in [5.41, 5.74) is 3.66. The predicted molar refractivity (Wildman–Crippen MR) is 165 cm³/mol. The average molecular weight is 593 g/mol. The first-order valence-corrected chi connectivity index (χ1v) is 14.5. The van der Waals surface area contributed by atoms with Crippen molar-refractivity contribution in [1.29, 1.82) is 0 Å². The number of ether oxygens (including phenoxy) is 1. The van der Waals surface area contributed by atoms with E-state index in [0.717, 1.165) is 66.3 Å². The Kier molecular flexibility index (Phi) is 7.98. The summed E-state index contributed by atoms with van der Waals surface area (Å²) in [7, 11) is 3.99. The van der Waals surface area contributed by atoms with Crippen molar-refractivity contribution in [2.24, 2.45) is 7.05 Å². The van der Waals surface area contributed by atoms with Gasteiger partial charge in [-0.2, -0.15) is 5.10 Å². The summed E-state index contributed by atoms with van der Waals surface area (Å²) >= 11 is 0. The molecule has 4 aromatic rings. The number of aryl methyl sites for hydroxylation is 1. The molecule has 0 saturated carbocycles. The van der Waals surface area contributed by atoms with Crippen molar-refractivity contribution in [2.75, 3.05) is 18.9 Å². The molecule has 11 heteroatoms. The molecule has 1 unspecified atom stereocenters. The Labute approximate surface area is 253 Å². The van der Waals surface area contributed by atoms with Crippen LogP contribution < -0.4 is 15.4 Å². The Morgan fingerprint density at radius 2 is 1.83 bits per heavy atom. The molecule has 0 spiro atoms. The molecule has 1 saturated heterocycles. The highest BCUT2D eigenvalue weighted by Crippen LogP contribution is 2.40. The van der Waals surface area contributed by atoms with Gasteiger partial charge in [0.25, 0.3) is 0 Å². The summed E-state index contributed by atoms with van der Waals surface area (Å²) in [5.74, 6) is 2.39. The fourth-order valence-corrected chi connectivity index (χ4v) is 6.14. The number of amides is 2. The van der Waals surface area contributed by atoms with Crippen molar-refractivity contribution in [2.45, 2.75) is 76.5 Å². The number of likely N-dealkylation sites (tertiary alicyclic amines) is 1. The first-order valence-electron chi connectivity index (χ1n) is 14.5. The van der Waals surface area contributed by atoms with Gasteiger partial charge in [-0.25, -0.2) is 4.79 Å². The van der Waals surface area contributed by atoms with Gasteiger partial charge in [-0.3, -0.25) is 19.3 Å². The minimum Gasteiger partial charge on any atom is -0.484 e. The van der Waals surface area contributed by atoms with E-state index < -0.39 is 0 Å². The van der Waals surface area contributed by atoms with Gasteiger partial charge in [-0.05, 0) is 69.5 Å². The molecule has 2 amide bonds. The number of carbonyl (C=O) groups excluding carboxylic acids is 1. The van der Waals surface area contributed by atoms with Crippen LogP contribution in [0.1, 0.15) is 88.2 Å². The molecule has 3 aromatic heterocycles. The second kappa shape index (κ2) is 11.2. The number of urea groups is 1. The Morgan fingerprint density at radius 1 is 1.07 bits per heavy atom. The van der Waals surface area contributed by atoms with Crippen LogP contribution in [0.15, 0.2) is 48.7 Å². The molecule has 2 aliphatic rings. The number of anilines is 1. The summed E-state index contributed by atoms with van der Waals surface area (Å²) in [6.45, 7) is 9.60. The van der Waals surface area contributed by atoms with Crippen LogP contribution in [-0.4, -0.2) is 48.9 Å². The number of benzene rings is 1. The maximum Gasteiger partial charge on any atom is 0.320 e. The Balaban J connectivity index is 0.00000353. The number of aromatic nitrogens is 5. The van der Waals surface area contributed by atoms with Crippen LogP contribution in [0.2, 0.25) is 0 Å². The zero-order chi connectivity index (χ0) is 28.9. The lowest BCUT2D eigenvalue weighted by Crippen LogP contribution is -2.37. The van der Waals surface area contributed by atoms with Gasteiger partial charge >= 0.3 is 6.03 Å². The maximum atomic E-state index is 13.1. The number of hydrogen-bond donors (Lipinski definition) is 2. The number of fused-ring (bicyclic) bond motifs is 2. The van der Waals surface area contributed by atoms with Gasteiger partial charge in [-0.1, -0.05) is 45.0 Å². The topological polar surface area (TPSA) is 102 Å². The average Bonchev–Trinajstić information content (AvgIpc) is 3.62. The smallest absolute Gasteiger partial charge is 0.320 e. The van der Waals surface area contributed by atoms with Crippen molar-refractivity contribution in [3.8, 4) is 5.75 Å². The van der Waals surface area contributed by atoms with Crippen LogP contribution in [0.25, 0.3) is 5.65 Å². The third kappa shape index (κ3) is 5.45. The van der Waals surface area contributed by atoms with Crippen LogP contribution in [0, 0.1) is 0 Å². The summed E-state index contributed by atoms with van der Waals surface area (Å²) in [6.07, 6.45) is 5.62. The van der Waals surface area contributed by atoms with Crippen molar-refractivity contribution < 1.29 is 9.53 Å². The minimum absolute atomic E-state index is 0. The fourth-order valence-electron chi connectivity index (χ4n) is 6.14. The molecule has 10 nitrogen and oxygen atoms in total. The molecule has 224 valence electrons. The highest BCUT2D eigenvalue weighted by molar-refractivity contribution is 5.88. The molecule has 0 bridgehead atoms. The van der Waals surface area contributed by atoms with Gasteiger partial charge < -0.3 is 10.1 Å². The third-order valence-electron chi connectivity index (χ3n) is 8.77. The quantitative estimate of drug-likeness (QED) is 0.299. The van der Waals surface area contributed by atoms with Crippen LogP contribution in [0.3, 0.4) is 0 Å². The Morgan fingerprint density at radius 3 is 2.52 bits per heavy atom. The van der Waals surface area contributed by atoms with E-state index in [0.29, 0.717) is 5.82 Å². The summed E-state index contributed by atoms with van der Waals surface area (Å²) in [4.78, 5) is 15.4. The number of hydrogen-bond acceptors (Lipinski definition) is 6. The second-order valence-electron chi connectivity index (χ2n) is 12.7. The zero-order valence-electron chi connectivity index (χ0n) is 25.2. The van der Waals surface area contributed by atoms with Crippen molar-refractivity contribution >= 4 is 29.9 Å². The van der Waals surface area contributed by atoms with E-state index in [1.54, 1.807) is 4.68 Å². The van der Waals surface area contributed by atoms with E-state index in [1.165, 1.54) is 0 Å². The standard InChI is InChI=1S/C31H40N8O2.ClH/c1-30(2,3)25-18-27(38(6)36-25)33-29(40)32-23-13-14-24(22-11-8-7-10-21(22)23)41-20-12-15-26-34-35-28(39(26)19-20)31(4)16-9-17-37(31)5;/h7-8,10-12,15,18-19,23-24H,9,13-14,16-17H2,1-6H3,(H2,32,33,40);1H/t23-,24+,31?;/m0./s1. The number of nitrogens with zero attached hydrogens (tertiary/aromatic N) is 6. The molecule has 1 aliphatic carbocycles. The molecule has 3 atom stereocenters. The molecule has 1 aromatic carbocycles. The van der Waals surface area contributed by atoms with E-state index in [9.17, 15) is 4.79 Å². The monoisotopic (exact) mass is 592 g/mol. The van der Waals surface area contributed by atoms with Crippen molar-refractivity contribution in [3.63, 3.8) is 0 Å². The molecule has 6 rings (SSSR count). The van der Waals surface area contributed by atoms with Crippen LogP contribution in [0.4, 0.5) is 10.6 Å². The Hall–Kier alpha value is -3.63. The molecule has 1 fully saturated rings. The van der Waals surface area contributed by atoms with E-state index in [2.05, 4.69) is 82.1 Å². The van der Waals surface area contributed by atoms with Crippen LogP contribution >= 0.6 is 12.4 Å². The highest BCUT2D eigenvalue weighted by atomic mass is 35.5. The lowest BCUT2D eigenvalue weighted by atomic mass is 9.85. The molecular weight excluding hydrogens is 552 g/mol. The van der Waals surface area contributed by atoms with Gasteiger partial charge in [0.15, 0.2) is 11.5 Å². The Bertz CT molecular complexity index is 1590. The molecule has 4 heterocycles. The van der Waals surface area contributed by atoms with Crippen molar-refractivity contribution in [1.82, 2.24) is 34.6 Å². The lowest BCUT2D eigenvalue weighted by molar-refractivity contribution is 0.170. The molecule has 2 N–H and O–H groups in total. The summed E-state index contributed by atoms with van der Waals surface area (Å²) < 4.78 is 10.4. The summed E-state index contributed by atoms with van der Waals surface area (Å²) in [6, 6.07) is 13.7. The lowest BCUT2D eigenvalue weighted by Gasteiger charge is -2.32. The van der Waals surface area contributed by atoms with Crippen LogP contribution in [0.5, 0.6) is 5.75 Å². The molecule has 0 radical (unpaired) electrons. The minimum atomic E-state index is -0.247. The highest BCUT2D eigenvalue weighted by Gasteiger charge is 2.40. The van der Waals surface area contributed by atoms with E-state index in [1.807, 2.05) is 43.6 Å². The maximum absolute atomic E-state index is 13.1.